The van der Waals surface area contributed by atoms with Crippen molar-refractivity contribution < 1.29 is 4.42 Å². The maximum atomic E-state index is 7.63. The molecule has 0 spiro atoms. The molecular formula is C64H82BNO. The normalized spacial score (nSPS) is 22.8. The third-order valence-corrected chi connectivity index (χ3v) is 18.3. The van der Waals surface area contributed by atoms with Crippen molar-refractivity contribution in [2.24, 2.45) is 17.3 Å². The molecule has 0 bridgehead atoms. The Morgan fingerprint density at radius 1 is 0.627 bits per heavy atom. The van der Waals surface area contributed by atoms with Crippen LogP contribution in [0.5, 0.6) is 0 Å². The Kier molecular flexibility index (Phi) is 10.3. The van der Waals surface area contributed by atoms with Crippen molar-refractivity contribution in [3.63, 3.8) is 0 Å². The SMILES string of the molecule is CC(C1C=CC(C(C)(C)C)=CC1)C1Cc2cc(C(C)(C)C)cc3c2B(c2cc4c(cc2N3c2ccc3c(c2)C(C)(C)CCC3(C)C)C(C)(C)CCC4(C)C)c2oc3ccc(C(C)(C)C)cc3c21. The summed E-state index contributed by atoms with van der Waals surface area (Å²) in [7, 11) is 0. The van der Waals surface area contributed by atoms with E-state index in [1.165, 1.54) is 115 Å². The summed E-state index contributed by atoms with van der Waals surface area (Å²) in [6.45, 7) is 43.8. The first-order chi connectivity index (χ1) is 31.0. The molecule has 10 rings (SSSR count). The zero-order chi connectivity index (χ0) is 48.3. The van der Waals surface area contributed by atoms with E-state index in [0.29, 0.717) is 11.8 Å². The second-order valence-corrected chi connectivity index (χ2v) is 28.0. The second-order valence-electron chi connectivity index (χ2n) is 28.0. The van der Waals surface area contributed by atoms with Gasteiger partial charge in [-0.1, -0.05) is 167 Å². The zero-order valence-electron chi connectivity index (χ0n) is 44.9. The van der Waals surface area contributed by atoms with Crippen LogP contribution in [-0.4, -0.2) is 6.71 Å². The first kappa shape index (κ1) is 46.5. The van der Waals surface area contributed by atoms with Crippen LogP contribution < -0.4 is 21.5 Å². The summed E-state index contributed by atoms with van der Waals surface area (Å²) in [5.74, 6) is 1.07. The average molecular weight is 892 g/mol. The average Bonchev–Trinajstić information content (AvgIpc) is 3.54. The third-order valence-electron chi connectivity index (χ3n) is 18.3. The van der Waals surface area contributed by atoms with E-state index in [4.69, 9.17) is 4.42 Å². The van der Waals surface area contributed by atoms with E-state index < -0.39 is 0 Å². The topological polar surface area (TPSA) is 16.4 Å². The number of fused-ring (bicyclic) bond motifs is 8. The molecule has 0 fully saturated rings. The number of furan rings is 1. The van der Waals surface area contributed by atoms with Crippen LogP contribution in [0.25, 0.3) is 11.0 Å². The number of anilines is 3. The summed E-state index contributed by atoms with van der Waals surface area (Å²) in [6.07, 6.45) is 14.4. The number of rotatable bonds is 3. The Labute approximate surface area is 406 Å². The van der Waals surface area contributed by atoms with E-state index in [0.717, 1.165) is 18.4 Å². The van der Waals surface area contributed by atoms with Crippen LogP contribution in [0.2, 0.25) is 0 Å². The minimum absolute atomic E-state index is 0.0102. The lowest BCUT2D eigenvalue weighted by Gasteiger charge is -2.46. The molecule has 3 unspecified atom stereocenters. The molecule has 1 aromatic heterocycles. The highest BCUT2D eigenvalue weighted by Gasteiger charge is 2.49. The standard InChI is InChI=1S/C64H82BNO/c1-38(39-19-21-41(22-20-39)58(2,3)4)45-32-40-31-43(60(8,9)10)34-53-56(40)65(57-55(45)46-33-42(59(5,6)7)23-26-54(46)67-57)51-36-49-50(64(17,18)30-29-63(49,15)16)37-52(51)66(53)44-24-25-47-48(35-44)62(13,14)28-27-61(47,11)12/h19,21-26,31,33-39,45H,20,27-30,32H2,1-18H3. The number of allylic oxidation sites excluding steroid dienone is 4. The van der Waals surface area contributed by atoms with Gasteiger partial charge < -0.3 is 9.32 Å². The second kappa shape index (κ2) is 14.9. The molecule has 67 heavy (non-hydrogen) atoms. The van der Waals surface area contributed by atoms with Gasteiger partial charge in [0, 0.05) is 22.4 Å². The van der Waals surface area contributed by atoms with Gasteiger partial charge in [-0.3, -0.25) is 0 Å². The van der Waals surface area contributed by atoms with E-state index in [9.17, 15) is 0 Å². The van der Waals surface area contributed by atoms with E-state index in [2.05, 4.69) is 208 Å². The van der Waals surface area contributed by atoms with Crippen molar-refractivity contribution in [2.75, 3.05) is 4.90 Å². The molecule has 2 aliphatic heterocycles. The molecule has 4 aromatic carbocycles. The van der Waals surface area contributed by atoms with Crippen LogP contribution in [0.4, 0.5) is 17.1 Å². The summed E-state index contributed by atoms with van der Waals surface area (Å²) in [5, 5.41) is 1.32. The Bertz CT molecular complexity index is 2900. The van der Waals surface area contributed by atoms with Crippen LogP contribution in [0.3, 0.4) is 0 Å². The molecule has 2 nitrogen and oxygen atoms in total. The van der Waals surface area contributed by atoms with E-state index >= 15 is 0 Å². The van der Waals surface area contributed by atoms with Gasteiger partial charge in [-0.25, -0.2) is 0 Å². The zero-order valence-corrected chi connectivity index (χ0v) is 44.9. The number of hydrogen-bond donors (Lipinski definition) is 0. The van der Waals surface area contributed by atoms with Gasteiger partial charge in [0.25, 0.3) is 6.71 Å². The molecule has 5 aromatic rings. The summed E-state index contributed by atoms with van der Waals surface area (Å²) in [4.78, 5) is 2.74. The van der Waals surface area contributed by atoms with Crippen LogP contribution in [0.15, 0.2) is 88.9 Å². The van der Waals surface area contributed by atoms with Crippen molar-refractivity contribution >= 4 is 51.3 Å². The minimum Gasteiger partial charge on any atom is -0.470 e. The molecule has 5 aliphatic rings. The Hall–Kier alpha value is -4.24. The van der Waals surface area contributed by atoms with Crippen molar-refractivity contribution in [2.45, 2.75) is 202 Å². The van der Waals surface area contributed by atoms with Crippen LogP contribution >= 0.6 is 0 Å². The fourth-order valence-electron chi connectivity index (χ4n) is 13.3. The van der Waals surface area contributed by atoms with Gasteiger partial charge in [0.2, 0.25) is 0 Å². The summed E-state index contributed by atoms with van der Waals surface area (Å²) >= 11 is 0. The Balaban J connectivity index is 1.31. The van der Waals surface area contributed by atoms with E-state index in [-0.39, 0.29) is 50.5 Å². The predicted octanol–water partition coefficient (Wildman–Crippen LogP) is 15.8. The molecule has 0 amide bonds. The third kappa shape index (κ3) is 7.48. The van der Waals surface area contributed by atoms with E-state index in [1.54, 1.807) is 0 Å². The fourth-order valence-corrected chi connectivity index (χ4v) is 13.3. The molecule has 0 saturated carbocycles. The molecule has 352 valence electrons. The fraction of sp³-hybridized carbons (Fsp3) is 0.531. The molecule has 0 saturated heterocycles. The van der Waals surface area contributed by atoms with Crippen LogP contribution in [-0.2, 0) is 38.9 Å². The largest absolute Gasteiger partial charge is 0.470 e. The summed E-state index contributed by atoms with van der Waals surface area (Å²) in [5.41, 5.74) is 22.7. The van der Waals surface area contributed by atoms with Crippen LogP contribution in [0.1, 0.15) is 207 Å². The minimum atomic E-state index is -0.0503. The Morgan fingerprint density at radius 2 is 1.22 bits per heavy atom. The molecule has 3 aliphatic carbocycles. The maximum Gasteiger partial charge on any atom is 0.292 e. The van der Waals surface area contributed by atoms with E-state index in [1.807, 2.05) is 0 Å². The molecule has 3 heteroatoms. The number of benzene rings is 4. The highest BCUT2D eigenvalue weighted by atomic mass is 16.3. The summed E-state index contributed by atoms with van der Waals surface area (Å²) in [6, 6.07) is 25.4. The maximum absolute atomic E-state index is 7.63. The number of nitrogens with zero attached hydrogens (tertiary/aromatic N) is 1. The van der Waals surface area contributed by atoms with Crippen molar-refractivity contribution in [1.82, 2.24) is 0 Å². The van der Waals surface area contributed by atoms with Crippen molar-refractivity contribution in [3.8, 4) is 0 Å². The van der Waals surface area contributed by atoms with Gasteiger partial charge in [0.1, 0.15) is 5.58 Å². The van der Waals surface area contributed by atoms with Gasteiger partial charge in [-0.05, 0) is 192 Å². The van der Waals surface area contributed by atoms with Gasteiger partial charge in [-0.2, -0.15) is 0 Å². The lowest BCUT2D eigenvalue weighted by molar-refractivity contribution is 0.332. The smallest absolute Gasteiger partial charge is 0.292 e. The van der Waals surface area contributed by atoms with Gasteiger partial charge in [0.15, 0.2) is 0 Å². The van der Waals surface area contributed by atoms with Crippen molar-refractivity contribution in [1.29, 1.82) is 0 Å². The van der Waals surface area contributed by atoms with Crippen LogP contribution in [0, 0.1) is 17.3 Å². The Morgan fingerprint density at radius 3 is 1.81 bits per heavy atom. The monoisotopic (exact) mass is 892 g/mol. The predicted molar refractivity (Wildman–Crippen MR) is 290 cm³/mol. The molecule has 3 heterocycles. The van der Waals surface area contributed by atoms with Gasteiger partial charge in [-0.15, -0.1) is 0 Å². The number of hydrogen-bond acceptors (Lipinski definition) is 2. The lowest BCUT2D eigenvalue weighted by atomic mass is 9.35. The highest BCUT2D eigenvalue weighted by Crippen LogP contribution is 2.53. The quantitative estimate of drug-likeness (QED) is 0.165. The first-order valence-corrected chi connectivity index (χ1v) is 26.2. The molecule has 0 N–H and O–H groups in total. The molecule has 0 radical (unpaired) electrons. The summed E-state index contributed by atoms with van der Waals surface area (Å²) < 4.78 is 7.63. The molecule has 3 atom stereocenters. The van der Waals surface area contributed by atoms with Crippen molar-refractivity contribution in [3.05, 3.63) is 129 Å². The van der Waals surface area contributed by atoms with Gasteiger partial charge in [0.05, 0.1) is 5.66 Å². The first-order valence-electron chi connectivity index (χ1n) is 26.2. The van der Waals surface area contributed by atoms with Gasteiger partial charge >= 0.3 is 0 Å². The molecular weight excluding hydrogens is 810 g/mol. The lowest BCUT2D eigenvalue weighted by Crippen LogP contribution is -2.59. The highest BCUT2D eigenvalue weighted by molar-refractivity contribution is 6.98.